The molecule has 0 aliphatic heterocycles. The topological polar surface area (TPSA) is 61.8 Å². The zero-order chi connectivity index (χ0) is 9.97. The zero-order valence-electron chi connectivity index (χ0n) is 7.86. The molecule has 2 rings (SSSR count). The third-order valence-electron chi connectivity index (χ3n) is 1.95. The van der Waals surface area contributed by atoms with E-state index in [4.69, 9.17) is 5.11 Å². The van der Waals surface area contributed by atoms with Crippen molar-refractivity contribution >= 4 is 0 Å². The Morgan fingerprint density at radius 2 is 2.21 bits per heavy atom. The van der Waals surface area contributed by atoms with E-state index in [0.717, 1.165) is 17.0 Å². The third kappa shape index (κ3) is 1.65. The summed E-state index contributed by atoms with van der Waals surface area (Å²) in [4.78, 5) is 11.2. The second kappa shape index (κ2) is 3.59. The Morgan fingerprint density at radius 3 is 2.86 bits per heavy atom. The largest absolute Gasteiger partial charge is 0.390 e. The first-order valence-electron chi connectivity index (χ1n) is 4.36. The molecule has 2 N–H and O–H groups in total. The van der Waals surface area contributed by atoms with Gasteiger partial charge in [0.25, 0.3) is 0 Å². The molecule has 0 aliphatic rings. The maximum Gasteiger partial charge on any atom is 0.139 e. The highest BCUT2D eigenvalue weighted by Crippen LogP contribution is 2.15. The van der Waals surface area contributed by atoms with Crippen LogP contribution in [0.5, 0.6) is 0 Å². The normalized spacial score (nSPS) is 10.4. The van der Waals surface area contributed by atoms with Crippen molar-refractivity contribution in [3.63, 3.8) is 0 Å². The molecule has 0 radical (unpaired) electrons. The summed E-state index contributed by atoms with van der Waals surface area (Å²) in [7, 11) is 0. The van der Waals surface area contributed by atoms with Gasteiger partial charge in [0.2, 0.25) is 0 Å². The van der Waals surface area contributed by atoms with Gasteiger partial charge in [0.1, 0.15) is 5.82 Å². The van der Waals surface area contributed by atoms with E-state index in [-0.39, 0.29) is 6.61 Å². The van der Waals surface area contributed by atoms with Crippen LogP contribution in [0, 0.1) is 6.92 Å². The Morgan fingerprint density at radius 1 is 1.36 bits per heavy atom. The van der Waals surface area contributed by atoms with E-state index in [9.17, 15) is 0 Å². The minimum Gasteiger partial charge on any atom is -0.390 e. The fourth-order valence-electron chi connectivity index (χ4n) is 1.27. The van der Waals surface area contributed by atoms with Gasteiger partial charge in [0.05, 0.1) is 18.5 Å². The number of nitrogens with one attached hydrogen (secondary N) is 1. The van der Waals surface area contributed by atoms with Gasteiger partial charge >= 0.3 is 0 Å². The molecular weight excluding hydrogens is 178 g/mol. The monoisotopic (exact) mass is 189 g/mol. The van der Waals surface area contributed by atoms with Gasteiger partial charge in [-0.3, -0.25) is 4.98 Å². The molecule has 2 heterocycles. The van der Waals surface area contributed by atoms with Crippen LogP contribution in [0.3, 0.4) is 0 Å². The van der Waals surface area contributed by atoms with Gasteiger partial charge in [0.15, 0.2) is 0 Å². The highest BCUT2D eigenvalue weighted by atomic mass is 16.3. The summed E-state index contributed by atoms with van der Waals surface area (Å²) in [6.07, 6.45) is 5.16. The second-order valence-corrected chi connectivity index (χ2v) is 3.17. The lowest BCUT2D eigenvalue weighted by atomic mass is 10.2. The van der Waals surface area contributed by atoms with E-state index in [0.29, 0.717) is 5.69 Å². The molecule has 2 aromatic rings. The standard InChI is InChI=1S/C10H11N3O/c1-7-2-8(4-11-3-7)10-12-5-9(6-14)13-10/h2-5,14H,6H2,1H3,(H,12,13). The van der Waals surface area contributed by atoms with Crippen LogP contribution in [0.2, 0.25) is 0 Å². The van der Waals surface area contributed by atoms with Crippen molar-refractivity contribution in [2.45, 2.75) is 13.5 Å². The first-order valence-corrected chi connectivity index (χ1v) is 4.36. The van der Waals surface area contributed by atoms with Gasteiger partial charge in [-0.05, 0) is 18.6 Å². The van der Waals surface area contributed by atoms with Crippen molar-refractivity contribution in [3.8, 4) is 11.4 Å². The van der Waals surface area contributed by atoms with Crippen LogP contribution >= 0.6 is 0 Å². The van der Waals surface area contributed by atoms with Crippen molar-refractivity contribution in [1.29, 1.82) is 0 Å². The number of aliphatic hydroxyl groups excluding tert-OH is 1. The number of aromatic nitrogens is 3. The molecule has 14 heavy (non-hydrogen) atoms. The zero-order valence-corrected chi connectivity index (χ0v) is 7.86. The summed E-state index contributed by atoms with van der Waals surface area (Å²) in [6, 6.07) is 1.99. The van der Waals surface area contributed by atoms with E-state index in [1.807, 2.05) is 13.0 Å². The van der Waals surface area contributed by atoms with E-state index >= 15 is 0 Å². The van der Waals surface area contributed by atoms with E-state index in [1.165, 1.54) is 0 Å². The summed E-state index contributed by atoms with van der Waals surface area (Å²) in [5, 5.41) is 8.87. The molecule has 0 fully saturated rings. The highest BCUT2D eigenvalue weighted by Gasteiger charge is 2.02. The Labute approximate surface area is 81.7 Å². The molecule has 0 amide bonds. The Bertz CT molecular complexity index is 436. The summed E-state index contributed by atoms with van der Waals surface area (Å²) < 4.78 is 0. The third-order valence-corrected chi connectivity index (χ3v) is 1.95. The molecule has 0 saturated carbocycles. The van der Waals surface area contributed by atoms with Crippen molar-refractivity contribution < 1.29 is 5.11 Å². The number of nitrogens with zero attached hydrogens (tertiary/aromatic N) is 2. The van der Waals surface area contributed by atoms with Crippen LogP contribution in [-0.2, 0) is 6.61 Å². The molecular formula is C10H11N3O. The van der Waals surface area contributed by atoms with Gasteiger partial charge in [-0.1, -0.05) is 0 Å². The van der Waals surface area contributed by atoms with Crippen LogP contribution in [0.4, 0.5) is 0 Å². The quantitative estimate of drug-likeness (QED) is 0.747. The van der Waals surface area contributed by atoms with Crippen molar-refractivity contribution in [3.05, 3.63) is 35.9 Å². The average molecular weight is 189 g/mol. The van der Waals surface area contributed by atoms with Crippen LogP contribution in [0.25, 0.3) is 11.4 Å². The van der Waals surface area contributed by atoms with Crippen LogP contribution in [0.15, 0.2) is 24.7 Å². The fourth-order valence-corrected chi connectivity index (χ4v) is 1.27. The molecule has 0 aromatic carbocycles. The van der Waals surface area contributed by atoms with Gasteiger partial charge in [-0.15, -0.1) is 0 Å². The molecule has 0 spiro atoms. The molecule has 0 atom stereocenters. The van der Waals surface area contributed by atoms with Gasteiger partial charge < -0.3 is 10.1 Å². The molecule has 0 saturated heterocycles. The summed E-state index contributed by atoms with van der Waals surface area (Å²) in [5.74, 6) is 0.741. The maximum atomic E-state index is 8.87. The molecule has 4 heteroatoms. The van der Waals surface area contributed by atoms with E-state index in [2.05, 4.69) is 15.0 Å². The predicted molar refractivity (Wildman–Crippen MR) is 52.5 cm³/mol. The Balaban J connectivity index is 2.39. The first kappa shape index (κ1) is 8.90. The Kier molecular flexibility index (Phi) is 2.28. The van der Waals surface area contributed by atoms with Crippen LogP contribution < -0.4 is 0 Å². The number of H-pyrrole nitrogens is 1. The molecule has 0 bridgehead atoms. The smallest absolute Gasteiger partial charge is 0.139 e. The van der Waals surface area contributed by atoms with Gasteiger partial charge in [0, 0.05) is 18.0 Å². The number of aryl methyl sites for hydroxylation is 1. The fraction of sp³-hybridized carbons (Fsp3) is 0.200. The lowest BCUT2D eigenvalue weighted by Gasteiger charge is -1.97. The number of aliphatic hydroxyl groups is 1. The molecule has 2 aromatic heterocycles. The molecule has 0 aliphatic carbocycles. The number of rotatable bonds is 2. The first-order chi connectivity index (χ1) is 6.79. The summed E-state index contributed by atoms with van der Waals surface area (Å²) in [6.45, 7) is 1.96. The predicted octanol–water partition coefficient (Wildman–Crippen LogP) is 1.27. The molecule has 4 nitrogen and oxygen atoms in total. The average Bonchev–Trinajstić information content (AvgIpc) is 2.66. The number of aromatic amines is 1. The minimum absolute atomic E-state index is 0.0216. The number of hydrogen-bond acceptors (Lipinski definition) is 3. The molecule has 72 valence electrons. The second-order valence-electron chi connectivity index (χ2n) is 3.17. The van der Waals surface area contributed by atoms with Crippen LogP contribution in [-0.4, -0.2) is 20.1 Å². The lowest BCUT2D eigenvalue weighted by molar-refractivity contribution is 0.277. The minimum atomic E-state index is -0.0216. The summed E-state index contributed by atoms with van der Waals surface area (Å²) in [5.41, 5.74) is 2.73. The Hall–Kier alpha value is -1.68. The number of pyridine rings is 1. The van der Waals surface area contributed by atoms with Gasteiger partial charge in [-0.2, -0.15) is 0 Å². The lowest BCUT2D eigenvalue weighted by Crippen LogP contribution is -1.85. The molecule has 0 unspecified atom stereocenters. The highest BCUT2D eigenvalue weighted by molar-refractivity contribution is 5.54. The van der Waals surface area contributed by atoms with Crippen molar-refractivity contribution in [2.24, 2.45) is 0 Å². The number of imidazole rings is 1. The van der Waals surface area contributed by atoms with E-state index < -0.39 is 0 Å². The van der Waals surface area contributed by atoms with Crippen molar-refractivity contribution in [1.82, 2.24) is 15.0 Å². The SMILES string of the molecule is Cc1cncc(-c2ncc(CO)[nH]2)c1. The maximum absolute atomic E-state index is 8.87. The van der Waals surface area contributed by atoms with Crippen LogP contribution in [0.1, 0.15) is 11.3 Å². The van der Waals surface area contributed by atoms with Gasteiger partial charge in [-0.25, -0.2) is 4.98 Å². The van der Waals surface area contributed by atoms with E-state index in [1.54, 1.807) is 18.6 Å². The number of hydrogen-bond donors (Lipinski definition) is 2. The summed E-state index contributed by atoms with van der Waals surface area (Å²) >= 11 is 0. The van der Waals surface area contributed by atoms with Crippen molar-refractivity contribution in [2.75, 3.05) is 0 Å².